The summed E-state index contributed by atoms with van der Waals surface area (Å²) in [6.45, 7) is 7.33. The normalized spacial score (nSPS) is 22.9. The van der Waals surface area contributed by atoms with Crippen molar-refractivity contribution in [3.05, 3.63) is 45.9 Å². The molecule has 0 radical (unpaired) electrons. The van der Waals surface area contributed by atoms with Crippen molar-refractivity contribution in [3.63, 3.8) is 0 Å². The van der Waals surface area contributed by atoms with Gasteiger partial charge in [-0.1, -0.05) is 31.7 Å². The average Bonchev–Trinajstić information content (AvgIpc) is 3.56. The molecular formula is C31H41N5O4S. The van der Waals surface area contributed by atoms with Crippen molar-refractivity contribution in [3.8, 4) is 0 Å². The molecule has 1 aromatic heterocycles. The van der Waals surface area contributed by atoms with Crippen LogP contribution in [0.5, 0.6) is 0 Å². The third-order valence-corrected chi connectivity index (χ3v) is 10.6. The molecule has 3 amide bonds. The number of anilines is 1. The molecule has 4 heterocycles. The first-order valence-electron chi connectivity index (χ1n) is 15.2. The van der Waals surface area contributed by atoms with E-state index in [0.29, 0.717) is 30.8 Å². The van der Waals surface area contributed by atoms with Crippen LogP contribution in [0.1, 0.15) is 90.1 Å². The molecule has 1 N–H and O–H groups in total. The zero-order chi connectivity index (χ0) is 28.4. The fraction of sp³-hybridized carbons (Fsp3) is 0.613. The van der Waals surface area contributed by atoms with E-state index in [9.17, 15) is 14.4 Å². The minimum atomic E-state index is -0.418. The molecule has 3 aliphatic heterocycles. The Bertz CT molecular complexity index is 1250. The van der Waals surface area contributed by atoms with Gasteiger partial charge in [-0.2, -0.15) is 0 Å². The first-order chi connectivity index (χ1) is 20.0. The quantitative estimate of drug-likeness (QED) is 0.387. The Morgan fingerprint density at radius 2 is 1.80 bits per heavy atom. The standard InChI is InChI=1S/C31H41N5O4S/c1-22(28-32-13-20-41-28)36-29(38)24-7-6-8-25(26(24)30(36)39)34-14-9-23(10-15-34)27(37)33-21-31(11-4-2-3-5-12-31)35-16-18-40-19-17-35/h6-8,13,20,22-23H,2-5,9-12,14-19,21H2,1H3,(H,33,37). The van der Waals surface area contributed by atoms with E-state index < -0.39 is 6.04 Å². The summed E-state index contributed by atoms with van der Waals surface area (Å²) >= 11 is 1.44. The third kappa shape index (κ3) is 5.53. The van der Waals surface area contributed by atoms with Crippen molar-refractivity contribution in [2.45, 2.75) is 69.9 Å². The summed E-state index contributed by atoms with van der Waals surface area (Å²) < 4.78 is 5.63. The summed E-state index contributed by atoms with van der Waals surface area (Å²) in [4.78, 5) is 50.7. The molecule has 0 bridgehead atoms. The van der Waals surface area contributed by atoms with Gasteiger partial charge >= 0.3 is 0 Å². The summed E-state index contributed by atoms with van der Waals surface area (Å²) in [6, 6.07) is 5.11. The van der Waals surface area contributed by atoms with Crippen molar-refractivity contribution in [2.75, 3.05) is 50.8 Å². The van der Waals surface area contributed by atoms with Crippen LogP contribution < -0.4 is 10.2 Å². The minimum Gasteiger partial charge on any atom is -0.379 e. The number of amides is 3. The lowest BCUT2D eigenvalue weighted by atomic mass is 9.86. The number of nitrogens with one attached hydrogen (secondary N) is 1. The van der Waals surface area contributed by atoms with E-state index in [1.54, 1.807) is 12.3 Å². The number of aromatic nitrogens is 1. The van der Waals surface area contributed by atoms with Crippen molar-refractivity contribution in [1.82, 2.24) is 20.1 Å². The maximum Gasteiger partial charge on any atom is 0.264 e. The van der Waals surface area contributed by atoms with E-state index in [-0.39, 0.29) is 29.2 Å². The monoisotopic (exact) mass is 579 g/mol. The highest BCUT2D eigenvalue weighted by Gasteiger charge is 2.43. The van der Waals surface area contributed by atoms with Gasteiger partial charge in [0.05, 0.1) is 36.1 Å². The first-order valence-corrected chi connectivity index (χ1v) is 16.1. The molecule has 4 aliphatic rings. The van der Waals surface area contributed by atoms with Crippen LogP contribution in [0.2, 0.25) is 0 Å². The highest BCUT2D eigenvalue weighted by atomic mass is 32.1. The molecule has 9 nitrogen and oxygen atoms in total. The van der Waals surface area contributed by atoms with E-state index in [0.717, 1.165) is 62.7 Å². The summed E-state index contributed by atoms with van der Waals surface area (Å²) in [6.07, 6.45) is 10.4. The molecule has 220 valence electrons. The number of thiazole rings is 1. The molecule has 1 saturated carbocycles. The molecule has 0 spiro atoms. The number of benzene rings is 1. The molecule has 10 heteroatoms. The molecule has 1 atom stereocenters. The van der Waals surface area contributed by atoms with Gasteiger partial charge in [0.1, 0.15) is 5.01 Å². The average molecular weight is 580 g/mol. The molecule has 2 aromatic rings. The van der Waals surface area contributed by atoms with Crippen LogP contribution in [0.25, 0.3) is 0 Å². The van der Waals surface area contributed by atoms with E-state index in [1.807, 2.05) is 24.4 Å². The third-order valence-electron chi connectivity index (χ3n) is 9.63. The van der Waals surface area contributed by atoms with Crippen LogP contribution in [-0.2, 0) is 9.53 Å². The molecule has 1 aliphatic carbocycles. The first kappa shape index (κ1) is 28.3. The van der Waals surface area contributed by atoms with E-state index in [2.05, 4.69) is 20.1 Å². The zero-order valence-electron chi connectivity index (χ0n) is 24.0. The second-order valence-electron chi connectivity index (χ2n) is 11.9. The Labute approximate surface area is 246 Å². The zero-order valence-corrected chi connectivity index (χ0v) is 24.8. The summed E-state index contributed by atoms with van der Waals surface area (Å²) in [5.74, 6) is -0.430. The smallest absolute Gasteiger partial charge is 0.264 e. The Morgan fingerprint density at radius 1 is 1.07 bits per heavy atom. The summed E-state index contributed by atoms with van der Waals surface area (Å²) in [5.41, 5.74) is 1.76. The maximum atomic E-state index is 13.6. The lowest BCUT2D eigenvalue weighted by Crippen LogP contribution is -2.59. The number of carbonyl (C=O) groups excluding carboxylic acids is 3. The molecule has 6 rings (SSSR count). The maximum absolute atomic E-state index is 13.6. The van der Waals surface area contributed by atoms with Crippen molar-refractivity contribution >= 4 is 34.7 Å². The Morgan fingerprint density at radius 3 is 2.49 bits per heavy atom. The van der Waals surface area contributed by atoms with Gasteiger partial charge in [-0.3, -0.25) is 24.2 Å². The number of hydrogen-bond donors (Lipinski definition) is 1. The second kappa shape index (κ2) is 12.2. The number of morpholine rings is 1. The van der Waals surface area contributed by atoms with Gasteiger partial charge in [0.25, 0.3) is 11.8 Å². The van der Waals surface area contributed by atoms with Crippen molar-refractivity contribution in [2.24, 2.45) is 5.92 Å². The number of fused-ring (bicyclic) bond motifs is 1. The summed E-state index contributed by atoms with van der Waals surface area (Å²) in [5, 5.41) is 5.98. The van der Waals surface area contributed by atoms with Gasteiger partial charge in [-0.15, -0.1) is 11.3 Å². The predicted molar refractivity (Wildman–Crippen MR) is 158 cm³/mol. The van der Waals surface area contributed by atoms with E-state index >= 15 is 0 Å². The Kier molecular flexibility index (Phi) is 8.42. The van der Waals surface area contributed by atoms with Crippen molar-refractivity contribution in [1.29, 1.82) is 0 Å². The minimum absolute atomic E-state index is 0.0375. The van der Waals surface area contributed by atoms with E-state index in [1.165, 1.54) is 41.9 Å². The van der Waals surface area contributed by atoms with Crippen LogP contribution in [0.15, 0.2) is 29.8 Å². The molecule has 2 saturated heterocycles. The van der Waals surface area contributed by atoms with Gasteiger partial charge < -0.3 is 15.0 Å². The fourth-order valence-electron chi connectivity index (χ4n) is 7.26. The predicted octanol–water partition coefficient (Wildman–Crippen LogP) is 4.26. The molecule has 3 fully saturated rings. The highest BCUT2D eigenvalue weighted by Crippen LogP contribution is 2.38. The molecular weight excluding hydrogens is 538 g/mol. The second-order valence-corrected chi connectivity index (χ2v) is 12.9. The highest BCUT2D eigenvalue weighted by molar-refractivity contribution is 7.09. The van der Waals surface area contributed by atoms with Gasteiger partial charge in [0, 0.05) is 55.8 Å². The van der Waals surface area contributed by atoms with Gasteiger partial charge in [-0.05, 0) is 44.7 Å². The van der Waals surface area contributed by atoms with E-state index in [4.69, 9.17) is 4.74 Å². The number of rotatable bonds is 7. The largest absolute Gasteiger partial charge is 0.379 e. The number of ether oxygens (including phenoxy) is 1. The number of hydrogen-bond acceptors (Lipinski definition) is 8. The van der Waals surface area contributed by atoms with Crippen LogP contribution >= 0.6 is 11.3 Å². The van der Waals surface area contributed by atoms with Crippen LogP contribution in [0, 0.1) is 5.92 Å². The molecule has 41 heavy (non-hydrogen) atoms. The van der Waals surface area contributed by atoms with Crippen LogP contribution in [0.4, 0.5) is 5.69 Å². The molecule has 1 aromatic carbocycles. The van der Waals surface area contributed by atoms with Gasteiger partial charge in [0.2, 0.25) is 5.91 Å². The number of carbonyl (C=O) groups is 3. The molecule has 1 unspecified atom stereocenters. The van der Waals surface area contributed by atoms with Gasteiger partial charge in [0.15, 0.2) is 0 Å². The van der Waals surface area contributed by atoms with Crippen molar-refractivity contribution < 1.29 is 19.1 Å². The van der Waals surface area contributed by atoms with Crippen LogP contribution in [-0.4, -0.2) is 84.0 Å². The number of imide groups is 1. The lowest BCUT2D eigenvalue weighted by molar-refractivity contribution is -0.126. The topological polar surface area (TPSA) is 95.1 Å². The van der Waals surface area contributed by atoms with Crippen LogP contribution in [0.3, 0.4) is 0 Å². The Balaban J connectivity index is 1.10. The van der Waals surface area contributed by atoms with Gasteiger partial charge in [-0.25, -0.2) is 4.98 Å². The SMILES string of the molecule is CC(c1nccs1)N1C(=O)c2cccc(N3CCC(C(=O)NCC4(N5CCOCC5)CCCCCC4)CC3)c2C1=O. The lowest BCUT2D eigenvalue weighted by Gasteiger charge is -2.46. The fourth-order valence-corrected chi connectivity index (χ4v) is 7.95. The number of nitrogens with zero attached hydrogens (tertiary/aromatic N) is 4. The summed E-state index contributed by atoms with van der Waals surface area (Å²) in [7, 11) is 0. The Hall–Kier alpha value is -2.82. The number of piperidine rings is 1.